The predicted molar refractivity (Wildman–Crippen MR) is 82.6 cm³/mol. The number of likely N-dealkylation sites (tertiary alicyclic amines) is 1. The number of hydrogen-bond acceptors (Lipinski definition) is 3. The molecule has 1 N–H and O–H groups in total. The van der Waals surface area contributed by atoms with Gasteiger partial charge in [-0.3, -0.25) is 4.79 Å². The number of rotatable bonds is 1. The van der Waals surface area contributed by atoms with Gasteiger partial charge in [0.05, 0.1) is 13.2 Å². The van der Waals surface area contributed by atoms with Crippen molar-refractivity contribution in [2.45, 2.75) is 26.1 Å². The van der Waals surface area contributed by atoms with Gasteiger partial charge < -0.3 is 15.0 Å². The fraction of sp³-hybridized carbons (Fsp3) is 0.562. The van der Waals surface area contributed by atoms with Gasteiger partial charge in [0.25, 0.3) is 5.91 Å². The smallest absolute Gasteiger partial charge is 0.253 e. The molecule has 114 valence electrons. The van der Waals surface area contributed by atoms with Crippen LogP contribution in [0.15, 0.2) is 18.2 Å². The first kappa shape index (κ1) is 14.8. The summed E-state index contributed by atoms with van der Waals surface area (Å²) in [5.41, 5.74) is 3.55. The fourth-order valence-corrected chi connectivity index (χ4v) is 3.74. The summed E-state index contributed by atoms with van der Waals surface area (Å²) in [6, 6.07) is 6.01. The van der Waals surface area contributed by atoms with E-state index < -0.39 is 0 Å². The van der Waals surface area contributed by atoms with Crippen LogP contribution < -0.4 is 5.32 Å². The molecule has 1 unspecified atom stereocenters. The molecule has 5 heteroatoms. The lowest BCUT2D eigenvalue weighted by atomic mass is 9.86. The molecule has 0 saturated carbocycles. The van der Waals surface area contributed by atoms with Crippen LogP contribution in [-0.2, 0) is 18.0 Å². The first-order chi connectivity index (χ1) is 9.76. The number of amides is 1. The van der Waals surface area contributed by atoms with E-state index in [-0.39, 0.29) is 18.3 Å². The van der Waals surface area contributed by atoms with Crippen molar-refractivity contribution < 1.29 is 9.53 Å². The lowest BCUT2D eigenvalue weighted by Gasteiger charge is -2.23. The van der Waals surface area contributed by atoms with E-state index in [0.29, 0.717) is 18.6 Å². The minimum atomic E-state index is 0. The van der Waals surface area contributed by atoms with Crippen LogP contribution in [0.2, 0.25) is 0 Å². The lowest BCUT2D eigenvalue weighted by Crippen LogP contribution is -2.33. The molecule has 1 aromatic carbocycles. The number of nitrogens with zero attached hydrogens (tertiary/aromatic N) is 1. The van der Waals surface area contributed by atoms with Crippen molar-refractivity contribution in [3.63, 3.8) is 0 Å². The SMILES string of the molecule is Cl.O=C(c1ccc2c(c1)COC2)N1CCC2(CCNC2)C1. The van der Waals surface area contributed by atoms with Gasteiger partial charge in [-0.1, -0.05) is 6.07 Å². The third-order valence-corrected chi connectivity index (χ3v) is 5.03. The maximum atomic E-state index is 12.7. The highest BCUT2D eigenvalue weighted by Gasteiger charge is 2.42. The van der Waals surface area contributed by atoms with Crippen molar-refractivity contribution in [3.8, 4) is 0 Å². The molecule has 0 aliphatic carbocycles. The van der Waals surface area contributed by atoms with Crippen LogP contribution in [0, 0.1) is 5.41 Å². The molecule has 0 radical (unpaired) electrons. The van der Waals surface area contributed by atoms with Gasteiger partial charge in [-0.05, 0) is 42.6 Å². The van der Waals surface area contributed by atoms with E-state index in [1.54, 1.807) is 0 Å². The van der Waals surface area contributed by atoms with E-state index in [1.165, 1.54) is 17.5 Å². The van der Waals surface area contributed by atoms with Crippen LogP contribution in [0.4, 0.5) is 0 Å². The Labute approximate surface area is 131 Å². The molecule has 0 aromatic heterocycles. The summed E-state index contributed by atoms with van der Waals surface area (Å²) in [6.07, 6.45) is 2.34. The fourth-order valence-electron chi connectivity index (χ4n) is 3.74. The second-order valence-corrected chi connectivity index (χ2v) is 6.38. The highest BCUT2D eigenvalue weighted by atomic mass is 35.5. The third kappa shape index (κ3) is 2.56. The normalized spacial score (nSPS) is 27.0. The summed E-state index contributed by atoms with van der Waals surface area (Å²) in [4.78, 5) is 14.7. The molecule has 1 atom stereocenters. The maximum absolute atomic E-state index is 12.7. The number of carbonyl (C=O) groups is 1. The first-order valence-electron chi connectivity index (χ1n) is 7.45. The Kier molecular flexibility index (Phi) is 3.95. The van der Waals surface area contributed by atoms with E-state index in [0.717, 1.165) is 38.2 Å². The summed E-state index contributed by atoms with van der Waals surface area (Å²) in [6.45, 7) is 5.29. The third-order valence-electron chi connectivity index (χ3n) is 5.03. The molecule has 1 aromatic rings. The summed E-state index contributed by atoms with van der Waals surface area (Å²) >= 11 is 0. The number of benzene rings is 1. The average molecular weight is 309 g/mol. The van der Waals surface area contributed by atoms with Gasteiger partial charge in [0.1, 0.15) is 0 Å². The van der Waals surface area contributed by atoms with Gasteiger partial charge in [-0.15, -0.1) is 12.4 Å². The summed E-state index contributed by atoms with van der Waals surface area (Å²) in [5, 5.41) is 3.43. The number of ether oxygens (including phenoxy) is 1. The van der Waals surface area contributed by atoms with Gasteiger partial charge in [-0.25, -0.2) is 0 Å². The van der Waals surface area contributed by atoms with Crippen LogP contribution in [0.1, 0.15) is 34.3 Å². The van der Waals surface area contributed by atoms with E-state index in [4.69, 9.17) is 4.74 Å². The second kappa shape index (κ2) is 5.59. The minimum Gasteiger partial charge on any atom is -0.372 e. The van der Waals surface area contributed by atoms with Crippen molar-refractivity contribution in [1.29, 1.82) is 0 Å². The molecule has 3 aliphatic heterocycles. The van der Waals surface area contributed by atoms with Crippen LogP contribution in [0.5, 0.6) is 0 Å². The second-order valence-electron chi connectivity index (χ2n) is 6.38. The zero-order valence-corrected chi connectivity index (χ0v) is 12.9. The van der Waals surface area contributed by atoms with Gasteiger partial charge in [0.15, 0.2) is 0 Å². The number of halogens is 1. The topological polar surface area (TPSA) is 41.6 Å². The van der Waals surface area contributed by atoms with E-state index >= 15 is 0 Å². The van der Waals surface area contributed by atoms with E-state index in [9.17, 15) is 4.79 Å². The standard InChI is InChI=1S/C16H20N2O2.ClH/c19-15(12-1-2-13-8-20-9-14(13)7-12)18-6-4-16(11-18)3-5-17-10-16;/h1-2,7,17H,3-6,8-11H2;1H. The molecule has 3 heterocycles. The lowest BCUT2D eigenvalue weighted by molar-refractivity contribution is 0.0775. The Bertz CT molecular complexity index is 555. The molecular weight excluding hydrogens is 288 g/mol. The van der Waals surface area contributed by atoms with Crippen molar-refractivity contribution in [2.75, 3.05) is 26.2 Å². The first-order valence-corrected chi connectivity index (χ1v) is 7.45. The van der Waals surface area contributed by atoms with E-state index in [2.05, 4.69) is 5.32 Å². The quantitative estimate of drug-likeness (QED) is 0.862. The Morgan fingerprint density at radius 3 is 2.90 bits per heavy atom. The van der Waals surface area contributed by atoms with Crippen LogP contribution in [-0.4, -0.2) is 37.0 Å². The number of carbonyl (C=O) groups excluding carboxylic acids is 1. The Hall–Kier alpha value is -1.10. The zero-order valence-electron chi connectivity index (χ0n) is 12.1. The Balaban J connectivity index is 0.00000132. The highest BCUT2D eigenvalue weighted by Crippen LogP contribution is 2.36. The zero-order chi connectivity index (χ0) is 13.6. The molecule has 2 fully saturated rings. The molecular formula is C16H21ClN2O2. The Morgan fingerprint density at radius 1 is 1.24 bits per heavy atom. The molecule has 4 nitrogen and oxygen atoms in total. The average Bonchev–Trinajstić information content (AvgIpc) is 3.19. The van der Waals surface area contributed by atoms with Crippen LogP contribution >= 0.6 is 12.4 Å². The van der Waals surface area contributed by atoms with Gasteiger partial charge in [0.2, 0.25) is 0 Å². The monoisotopic (exact) mass is 308 g/mol. The maximum Gasteiger partial charge on any atom is 0.253 e. The van der Waals surface area contributed by atoms with Crippen LogP contribution in [0.25, 0.3) is 0 Å². The molecule has 21 heavy (non-hydrogen) atoms. The summed E-state index contributed by atoms with van der Waals surface area (Å²) in [5.74, 6) is 0.184. The highest BCUT2D eigenvalue weighted by molar-refractivity contribution is 5.94. The molecule has 2 saturated heterocycles. The Morgan fingerprint density at radius 2 is 2.10 bits per heavy atom. The predicted octanol–water partition coefficient (Wildman–Crippen LogP) is 1.96. The molecule has 0 bridgehead atoms. The van der Waals surface area contributed by atoms with Gasteiger partial charge >= 0.3 is 0 Å². The van der Waals surface area contributed by atoms with Crippen molar-refractivity contribution in [2.24, 2.45) is 5.41 Å². The number of hydrogen-bond donors (Lipinski definition) is 1. The van der Waals surface area contributed by atoms with Gasteiger partial charge in [-0.2, -0.15) is 0 Å². The van der Waals surface area contributed by atoms with Crippen LogP contribution in [0.3, 0.4) is 0 Å². The van der Waals surface area contributed by atoms with Crippen molar-refractivity contribution >= 4 is 18.3 Å². The van der Waals surface area contributed by atoms with Crippen molar-refractivity contribution in [3.05, 3.63) is 34.9 Å². The van der Waals surface area contributed by atoms with Crippen molar-refractivity contribution in [1.82, 2.24) is 10.2 Å². The molecule has 1 spiro atoms. The molecule has 1 amide bonds. The number of fused-ring (bicyclic) bond motifs is 1. The molecule has 3 aliphatic rings. The van der Waals surface area contributed by atoms with Gasteiger partial charge in [0, 0.05) is 30.6 Å². The molecule has 4 rings (SSSR count). The number of nitrogens with one attached hydrogen (secondary N) is 1. The van der Waals surface area contributed by atoms with E-state index in [1.807, 2.05) is 23.1 Å². The largest absolute Gasteiger partial charge is 0.372 e. The summed E-state index contributed by atoms with van der Waals surface area (Å²) in [7, 11) is 0. The minimum absolute atomic E-state index is 0. The summed E-state index contributed by atoms with van der Waals surface area (Å²) < 4.78 is 5.42.